The van der Waals surface area contributed by atoms with Crippen molar-refractivity contribution in [2.45, 2.75) is 0 Å². The first kappa shape index (κ1) is 10.0. The van der Waals surface area contributed by atoms with Crippen molar-refractivity contribution >= 4 is 11.7 Å². The van der Waals surface area contributed by atoms with Gasteiger partial charge in [0.25, 0.3) is 0 Å². The van der Waals surface area contributed by atoms with E-state index in [0.29, 0.717) is 11.4 Å². The first-order valence-electron chi connectivity index (χ1n) is 3.82. The molecule has 0 aliphatic carbocycles. The Morgan fingerprint density at radius 2 is 2.14 bits per heavy atom. The van der Waals surface area contributed by atoms with E-state index in [9.17, 15) is 4.79 Å². The van der Waals surface area contributed by atoms with Crippen LogP contribution in [0.15, 0.2) is 29.4 Å². The molecule has 1 aromatic rings. The summed E-state index contributed by atoms with van der Waals surface area (Å²) in [6, 6.07) is 6.13. The summed E-state index contributed by atoms with van der Waals surface area (Å²) in [5.41, 5.74) is 13.6. The smallest absolute Gasteiger partial charge is 0.325 e. The van der Waals surface area contributed by atoms with E-state index < -0.39 is 5.97 Å². The summed E-state index contributed by atoms with van der Waals surface area (Å²) in [5, 5.41) is 3.36. The van der Waals surface area contributed by atoms with Gasteiger partial charge in [0, 0.05) is 10.6 Å². The second-order valence-electron chi connectivity index (χ2n) is 2.36. The lowest BCUT2D eigenvalue weighted by molar-refractivity contribution is -0.132. The van der Waals surface area contributed by atoms with Gasteiger partial charge in [-0.05, 0) is 29.8 Å². The number of azide groups is 1. The predicted molar refractivity (Wildman–Crippen MR) is 49.9 cm³/mol. The molecule has 0 saturated carbocycles. The number of nitrogens with zero attached hydrogens (tertiary/aromatic N) is 3. The van der Waals surface area contributed by atoms with Crippen molar-refractivity contribution in [3.63, 3.8) is 0 Å². The second kappa shape index (κ2) is 4.86. The molecule has 14 heavy (non-hydrogen) atoms. The van der Waals surface area contributed by atoms with Gasteiger partial charge in [-0.3, -0.25) is 4.79 Å². The van der Waals surface area contributed by atoms with E-state index >= 15 is 0 Å². The molecule has 0 atom stereocenters. The molecular weight excluding hydrogens is 184 g/mol. The highest BCUT2D eigenvalue weighted by Crippen LogP contribution is 2.17. The number of nitrogens with two attached hydrogens (primary N) is 1. The van der Waals surface area contributed by atoms with Crippen LogP contribution in [0, 0.1) is 0 Å². The van der Waals surface area contributed by atoms with Gasteiger partial charge in [-0.15, -0.1) is 0 Å². The van der Waals surface area contributed by atoms with Crippen molar-refractivity contribution < 1.29 is 9.53 Å². The van der Waals surface area contributed by atoms with E-state index in [1.165, 1.54) is 12.1 Å². The SMILES string of the molecule is [N-]=[N+]=Nc1ccc(OC(=O)CN)cc1. The minimum Gasteiger partial charge on any atom is -0.426 e. The Bertz CT molecular complexity index is 367. The van der Waals surface area contributed by atoms with E-state index in [1.807, 2.05) is 0 Å². The Morgan fingerprint density at radius 1 is 1.50 bits per heavy atom. The summed E-state index contributed by atoms with van der Waals surface area (Å²) in [5.74, 6) is -0.140. The van der Waals surface area contributed by atoms with Gasteiger partial charge in [-0.2, -0.15) is 0 Å². The van der Waals surface area contributed by atoms with Crippen molar-refractivity contribution in [1.29, 1.82) is 0 Å². The molecule has 0 fully saturated rings. The molecule has 0 aliphatic rings. The highest BCUT2D eigenvalue weighted by Gasteiger charge is 2.00. The van der Waals surface area contributed by atoms with Crippen LogP contribution >= 0.6 is 0 Å². The Labute approximate surface area is 79.9 Å². The van der Waals surface area contributed by atoms with E-state index in [2.05, 4.69) is 10.0 Å². The maximum Gasteiger partial charge on any atom is 0.325 e. The van der Waals surface area contributed by atoms with Gasteiger partial charge in [0.1, 0.15) is 5.75 Å². The van der Waals surface area contributed by atoms with E-state index in [0.717, 1.165) is 0 Å². The zero-order valence-electron chi connectivity index (χ0n) is 7.25. The molecular formula is C8H8N4O2. The first-order valence-corrected chi connectivity index (χ1v) is 3.82. The van der Waals surface area contributed by atoms with Gasteiger partial charge < -0.3 is 10.5 Å². The Kier molecular flexibility index (Phi) is 3.49. The summed E-state index contributed by atoms with van der Waals surface area (Å²) in [6.45, 7) is -0.169. The molecule has 0 bridgehead atoms. The molecule has 0 aromatic heterocycles. The zero-order valence-corrected chi connectivity index (χ0v) is 7.25. The molecule has 0 aliphatic heterocycles. The van der Waals surface area contributed by atoms with Crippen LogP contribution in [0.4, 0.5) is 5.69 Å². The number of carbonyl (C=O) groups excluding carboxylic acids is 1. The highest BCUT2D eigenvalue weighted by atomic mass is 16.5. The van der Waals surface area contributed by atoms with Crippen LogP contribution in [0.2, 0.25) is 0 Å². The van der Waals surface area contributed by atoms with Gasteiger partial charge in [0.2, 0.25) is 0 Å². The zero-order chi connectivity index (χ0) is 10.4. The summed E-state index contributed by atoms with van der Waals surface area (Å²) < 4.78 is 4.80. The van der Waals surface area contributed by atoms with Crippen molar-refractivity contribution in [3.05, 3.63) is 34.7 Å². The number of hydrogen-bond donors (Lipinski definition) is 1. The third kappa shape index (κ3) is 2.78. The maximum atomic E-state index is 10.8. The van der Waals surface area contributed by atoms with Crippen LogP contribution in [-0.4, -0.2) is 12.5 Å². The minimum absolute atomic E-state index is 0.169. The number of rotatable bonds is 3. The second-order valence-corrected chi connectivity index (χ2v) is 2.36. The fraction of sp³-hybridized carbons (Fsp3) is 0.125. The summed E-state index contributed by atoms with van der Waals surface area (Å²) in [6.07, 6.45) is 0. The highest BCUT2D eigenvalue weighted by molar-refractivity contribution is 5.74. The number of esters is 1. The number of carbonyl (C=O) groups is 1. The van der Waals surface area contributed by atoms with Gasteiger partial charge in [-0.1, -0.05) is 5.11 Å². The number of hydrogen-bond acceptors (Lipinski definition) is 4. The van der Waals surface area contributed by atoms with Crippen LogP contribution in [0.3, 0.4) is 0 Å². The third-order valence-electron chi connectivity index (χ3n) is 1.40. The van der Waals surface area contributed by atoms with Crippen LogP contribution in [-0.2, 0) is 4.79 Å². The lowest BCUT2D eigenvalue weighted by Crippen LogP contribution is -2.19. The molecule has 0 amide bonds. The Balaban J connectivity index is 2.73. The molecule has 1 rings (SSSR count). The molecule has 0 saturated heterocycles. The summed E-state index contributed by atoms with van der Waals surface area (Å²) in [7, 11) is 0. The minimum atomic E-state index is -0.512. The average molecular weight is 192 g/mol. The summed E-state index contributed by atoms with van der Waals surface area (Å²) in [4.78, 5) is 13.4. The number of ether oxygens (including phenoxy) is 1. The molecule has 2 N–H and O–H groups in total. The lowest BCUT2D eigenvalue weighted by atomic mass is 10.3. The number of benzene rings is 1. The molecule has 0 spiro atoms. The van der Waals surface area contributed by atoms with Gasteiger partial charge in [-0.25, -0.2) is 0 Å². The fourth-order valence-corrected chi connectivity index (χ4v) is 0.806. The van der Waals surface area contributed by atoms with E-state index in [-0.39, 0.29) is 6.54 Å². The van der Waals surface area contributed by atoms with E-state index in [4.69, 9.17) is 16.0 Å². The molecule has 6 heteroatoms. The van der Waals surface area contributed by atoms with Crippen molar-refractivity contribution in [2.75, 3.05) is 6.54 Å². The topological polar surface area (TPSA) is 101 Å². The molecule has 0 unspecified atom stereocenters. The van der Waals surface area contributed by atoms with Crippen LogP contribution in [0.1, 0.15) is 0 Å². The standard InChI is InChI=1S/C8H8N4O2/c9-5-8(13)14-7-3-1-6(2-4-7)11-12-10/h1-4H,5,9H2. The Morgan fingerprint density at radius 3 is 2.64 bits per heavy atom. The largest absolute Gasteiger partial charge is 0.426 e. The molecule has 72 valence electrons. The van der Waals surface area contributed by atoms with Crippen molar-refractivity contribution in [2.24, 2.45) is 10.8 Å². The average Bonchev–Trinajstić information content (AvgIpc) is 2.21. The van der Waals surface area contributed by atoms with Gasteiger partial charge >= 0.3 is 5.97 Å². The van der Waals surface area contributed by atoms with Crippen LogP contribution in [0.5, 0.6) is 5.75 Å². The normalized spacial score (nSPS) is 8.93. The fourth-order valence-electron chi connectivity index (χ4n) is 0.806. The first-order chi connectivity index (χ1) is 6.76. The molecule has 0 heterocycles. The quantitative estimate of drug-likeness (QED) is 0.258. The third-order valence-corrected chi connectivity index (χ3v) is 1.40. The molecule has 0 radical (unpaired) electrons. The maximum absolute atomic E-state index is 10.8. The van der Waals surface area contributed by atoms with E-state index in [1.54, 1.807) is 12.1 Å². The van der Waals surface area contributed by atoms with Gasteiger partial charge in [0.05, 0.1) is 6.54 Å². The lowest BCUT2D eigenvalue weighted by Gasteiger charge is -2.01. The van der Waals surface area contributed by atoms with Crippen LogP contribution in [0.25, 0.3) is 10.4 Å². The Hall–Kier alpha value is -2.04. The van der Waals surface area contributed by atoms with Crippen LogP contribution < -0.4 is 10.5 Å². The molecule has 1 aromatic carbocycles. The summed E-state index contributed by atoms with van der Waals surface area (Å²) >= 11 is 0. The predicted octanol–water partition coefficient (Wildman–Crippen LogP) is 1.49. The van der Waals surface area contributed by atoms with Crippen molar-refractivity contribution in [1.82, 2.24) is 0 Å². The molecule has 6 nitrogen and oxygen atoms in total. The van der Waals surface area contributed by atoms with Crippen molar-refractivity contribution in [3.8, 4) is 5.75 Å². The van der Waals surface area contributed by atoms with Gasteiger partial charge in [0.15, 0.2) is 0 Å². The monoisotopic (exact) mass is 192 g/mol.